The third kappa shape index (κ3) is 2.62. The molecular weight excluding hydrogens is 349 g/mol. The van der Waals surface area contributed by atoms with Gasteiger partial charge in [0, 0.05) is 16.4 Å². The van der Waals surface area contributed by atoms with E-state index in [9.17, 15) is 9.18 Å². The van der Waals surface area contributed by atoms with Gasteiger partial charge in [0.25, 0.3) is 5.91 Å². The fourth-order valence-electron chi connectivity index (χ4n) is 2.38. The predicted octanol–water partition coefficient (Wildman–Crippen LogP) is 4.11. The fraction of sp³-hybridized carbons (Fsp3) is 0.125. The SMILES string of the molecule is Cc1nc2c(C)cc(Br)cn2c1C(=O)Nc1ccc(F)cc1. The summed E-state index contributed by atoms with van der Waals surface area (Å²) in [5.41, 5.74) is 3.35. The van der Waals surface area contributed by atoms with Gasteiger partial charge < -0.3 is 5.32 Å². The van der Waals surface area contributed by atoms with Gasteiger partial charge in [-0.3, -0.25) is 9.20 Å². The van der Waals surface area contributed by atoms with Gasteiger partial charge in [0.15, 0.2) is 0 Å². The number of carbonyl (C=O) groups is 1. The van der Waals surface area contributed by atoms with Crippen molar-refractivity contribution in [1.82, 2.24) is 9.38 Å². The highest BCUT2D eigenvalue weighted by molar-refractivity contribution is 9.10. The first-order valence-electron chi connectivity index (χ1n) is 6.67. The standard InChI is InChI=1S/C16H13BrFN3O/c1-9-7-11(17)8-21-14(10(2)19-15(9)21)16(22)20-13-5-3-12(18)4-6-13/h3-8H,1-2H3,(H,20,22). The molecule has 3 rings (SSSR count). The number of aromatic nitrogens is 2. The lowest BCUT2D eigenvalue weighted by atomic mass is 10.2. The number of carbonyl (C=O) groups excluding carboxylic acids is 1. The van der Waals surface area contributed by atoms with Crippen LogP contribution in [0.4, 0.5) is 10.1 Å². The molecule has 4 nitrogen and oxygen atoms in total. The summed E-state index contributed by atoms with van der Waals surface area (Å²) in [4.78, 5) is 17.0. The van der Waals surface area contributed by atoms with Crippen LogP contribution in [0.1, 0.15) is 21.7 Å². The molecule has 0 saturated carbocycles. The second-order valence-corrected chi connectivity index (χ2v) is 5.96. The van der Waals surface area contributed by atoms with Crippen LogP contribution in [-0.4, -0.2) is 15.3 Å². The number of nitrogens with one attached hydrogen (secondary N) is 1. The number of hydrogen-bond acceptors (Lipinski definition) is 2. The molecule has 0 atom stereocenters. The van der Waals surface area contributed by atoms with Crippen molar-refractivity contribution in [2.75, 3.05) is 5.32 Å². The maximum Gasteiger partial charge on any atom is 0.274 e. The van der Waals surface area contributed by atoms with Crippen LogP contribution in [0.2, 0.25) is 0 Å². The van der Waals surface area contributed by atoms with E-state index in [4.69, 9.17) is 0 Å². The molecule has 1 N–H and O–H groups in total. The van der Waals surface area contributed by atoms with Gasteiger partial charge in [-0.25, -0.2) is 9.37 Å². The molecule has 112 valence electrons. The van der Waals surface area contributed by atoms with Gasteiger partial charge in [0.2, 0.25) is 0 Å². The van der Waals surface area contributed by atoms with Crippen LogP contribution < -0.4 is 5.32 Å². The Morgan fingerprint density at radius 3 is 2.64 bits per heavy atom. The average molecular weight is 362 g/mol. The molecule has 0 spiro atoms. The maximum atomic E-state index is 12.9. The first-order valence-corrected chi connectivity index (χ1v) is 7.47. The predicted molar refractivity (Wildman–Crippen MR) is 86.7 cm³/mol. The second kappa shape index (κ2) is 5.53. The van der Waals surface area contributed by atoms with Gasteiger partial charge in [-0.15, -0.1) is 0 Å². The van der Waals surface area contributed by atoms with Crippen molar-refractivity contribution >= 4 is 33.2 Å². The molecule has 6 heteroatoms. The molecule has 1 aromatic carbocycles. The zero-order chi connectivity index (χ0) is 15.9. The average Bonchev–Trinajstić information content (AvgIpc) is 2.78. The molecule has 0 bridgehead atoms. The number of fused-ring (bicyclic) bond motifs is 1. The van der Waals surface area contributed by atoms with Crippen molar-refractivity contribution < 1.29 is 9.18 Å². The van der Waals surface area contributed by atoms with Crippen LogP contribution >= 0.6 is 15.9 Å². The summed E-state index contributed by atoms with van der Waals surface area (Å²) in [6.07, 6.45) is 1.81. The number of nitrogens with zero attached hydrogens (tertiary/aromatic N) is 2. The topological polar surface area (TPSA) is 46.4 Å². The van der Waals surface area contributed by atoms with Crippen molar-refractivity contribution in [2.24, 2.45) is 0 Å². The number of aryl methyl sites for hydroxylation is 2. The monoisotopic (exact) mass is 361 g/mol. The molecule has 3 aromatic rings. The van der Waals surface area contributed by atoms with Crippen molar-refractivity contribution in [3.05, 3.63) is 63.8 Å². The number of rotatable bonds is 2. The van der Waals surface area contributed by atoms with Gasteiger partial charge in [-0.05, 0) is 65.7 Å². The van der Waals surface area contributed by atoms with Gasteiger partial charge in [0.05, 0.1) is 5.69 Å². The van der Waals surface area contributed by atoms with E-state index in [1.54, 1.807) is 11.3 Å². The van der Waals surface area contributed by atoms with E-state index in [-0.39, 0.29) is 11.7 Å². The van der Waals surface area contributed by atoms with E-state index >= 15 is 0 Å². The quantitative estimate of drug-likeness (QED) is 0.746. The van der Waals surface area contributed by atoms with E-state index in [2.05, 4.69) is 26.2 Å². The Balaban J connectivity index is 2.03. The van der Waals surface area contributed by atoms with Crippen LogP contribution in [0.3, 0.4) is 0 Å². The van der Waals surface area contributed by atoms with Crippen molar-refractivity contribution in [3.8, 4) is 0 Å². The first kappa shape index (κ1) is 14.7. The first-order chi connectivity index (χ1) is 10.5. The fourth-order valence-corrected chi connectivity index (χ4v) is 2.93. The van der Waals surface area contributed by atoms with Crippen LogP contribution in [0.15, 0.2) is 41.0 Å². The normalized spacial score (nSPS) is 10.9. The summed E-state index contributed by atoms with van der Waals surface area (Å²) in [7, 11) is 0. The molecule has 0 unspecified atom stereocenters. The molecule has 22 heavy (non-hydrogen) atoms. The maximum absolute atomic E-state index is 12.9. The van der Waals surface area contributed by atoms with Crippen molar-refractivity contribution in [1.29, 1.82) is 0 Å². The Morgan fingerprint density at radius 1 is 1.27 bits per heavy atom. The summed E-state index contributed by atoms with van der Waals surface area (Å²) in [6, 6.07) is 7.60. The number of hydrogen-bond donors (Lipinski definition) is 1. The summed E-state index contributed by atoms with van der Waals surface area (Å²) in [5.74, 6) is -0.627. The molecule has 0 radical (unpaired) electrons. The highest BCUT2D eigenvalue weighted by atomic mass is 79.9. The minimum absolute atomic E-state index is 0.283. The number of benzene rings is 1. The van der Waals surface area contributed by atoms with E-state index in [0.717, 1.165) is 15.7 Å². The highest BCUT2D eigenvalue weighted by Gasteiger charge is 2.18. The molecule has 0 saturated heterocycles. The zero-order valence-electron chi connectivity index (χ0n) is 12.0. The minimum atomic E-state index is -0.344. The largest absolute Gasteiger partial charge is 0.321 e. The molecule has 2 aromatic heterocycles. The number of pyridine rings is 1. The van der Waals surface area contributed by atoms with E-state index < -0.39 is 0 Å². The Bertz CT molecular complexity index is 871. The molecule has 0 aliphatic carbocycles. The second-order valence-electron chi connectivity index (χ2n) is 5.04. The lowest BCUT2D eigenvalue weighted by Crippen LogP contribution is -2.15. The van der Waals surface area contributed by atoms with Gasteiger partial charge in [-0.1, -0.05) is 0 Å². The molecule has 0 aliphatic rings. The number of amides is 1. The van der Waals surface area contributed by atoms with Gasteiger partial charge in [-0.2, -0.15) is 0 Å². The Labute approximate surface area is 135 Å². The van der Waals surface area contributed by atoms with E-state index in [0.29, 0.717) is 17.1 Å². The molecular formula is C16H13BrFN3O. The Hall–Kier alpha value is -2.21. The summed E-state index contributed by atoms with van der Waals surface area (Å²) in [5, 5.41) is 2.76. The summed E-state index contributed by atoms with van der Waals surface area (Å²) in [6.45, 7) is 3.73. The lowest BCUT2D eigenvalue weighted by Gasteiger charge is -2.07. The molecule has 0 fully saturated rings. The van der Waals surface area contributed by atoms with Crippen LogP contribution in [-0.2, 0) is 0 Å². The minimum Gasteiger partial charge on any atom is -0.321 e. The highest BCUT2D eigenvalue weighted by Crippen LogP contribution is 2.21. The number of imidazole rings is 1. The third-order valence-electron chi connectivity index (χ3n) is 3.36. The van der Waals surface area contributed by atoms with Crippen molar-refractivity contribution in [3.63, 3.8) is 0 Å². The summed E-state index contributed by atoms with van der Waals surface area (Å²) < 4.78 is 15.6. The molecule has 0 aliphatic heterocycles. The van der Waals surface area contributed by atoms with E-state index in [1.807, 2.05) is 19.2 Å². The Morgan fingerprint density at radius 2 is 1.95 bits per heavy atom. The van der Waals surface area contributed by atoms with Crippen molar-refractivity contribution in [2.45, 2.75) is 13.8 Å². The molecule has 2 heterocycles. The third-order valence-corrected chi connectivity index (χ3v) is 3.80. The van der Waals surface area contributed by atoms with Crippen LogP contribution in [0, 0.1) is 19.7 Å². The van der Waals surface area contributed by atoms with E-state index in [1.165, 1.54) is 24.3 Å². The molecule has 1 amide bonds. The smallest absolute Gasteiger partial charge is 0.274 e. The van der Waals surface area contributed by atoms with Gasteiger partial charge in [0.1, 0.15) is 17.2 Å². The summed E-state index contributed by atoms with van der Waals surface area (Å²) >= 11 is 3.43. The van der Waals surface area contributed by atoms with Crippen LogP contribution in [0.5, 0.6) is 0 Å². The zero-order valence-corrected chi connectivity index (χ0v) is 13.6. The Kier molecular flexibility index (Phi) is 3.70. The lowest BCUT2D eigenvalue weighted by molar-refractivity contribution is 0.102. The van der Waals surface area contributed by atoms with Gasteiger partial charge >= 0.3 is 0 Å². The number of halogens is 2. The van der Waals surface area contributed by atoms with Crippen LogP contribution in [0.25, 0.3) is 5.65 Å². The number of anilines is 1.